The number of methoxy groups -OCH3 is 1. The lowest BCUT2D eigenvalue weighted by Gasteiger charge is -2.20. The molecule has 1 rings (SSSR count). The van der Waals surface area contributed by atoms with Gasteiger partial charge in [0.1, 0.15) is 0 Å². The minimum absolute atomic E-state index is 0.757. The van der Waals surface area contributed by atoms with Crippen LogP contribution in [0.1, 0.15) is 50.6 Å². The summed E-state index contributed by atoms with van der Waals surface area (Å²) in [4.78, 5) is 8.73. The average Bonchev–Trinajstić information content (AvgIpc) is 2.87. The Labute approximate surface area is 133 Å². The maximum absolute atomic E-state index is 5.08. The molecule has 0 aromatic carbocycles. The molecule has 0 saturated carbocycles. The molecule has 0 amide bonds. The maximum Gasteiger partial charge on any atom is 0.185 e. The molecule has 0 atom stereocenters. The molecule has 0 aliphatic rings. The van der Waals surface area contributed by atoms with Crippen LogP contribution in [-0.2, 0) is 17.7 Å². The van der Waals surface area contributed by atoms with Crippen molar-refractivity contribution in [3.05, 3.63) is 10.6 Å². The predicted octanol–water partition coefficient (Wildman–Crippen LogP) is 3.46. The first-order chi connectivity index (χ1) is 10.3. The van der Waals surface area contributed by atoms with Crippen molar-refractivity contribution in [3.8, 4) is 0 Å². The molecule has 0 aliphatic carbocycles. The van der Waals surface area contributed by atoms with Crippen molar-refractivity contribution in [2.75, 3.05) is 38.3 Å². The van der Waals surface area contributed by atoms with Crippen molar-refractivity contribution in [2.24, 2.45) is 0 Å². The van der Waals surface area contributed by atoms with E-state index in [1.54, 1.807) is 7.11 Å². The molecule has 0 fully saturated rings. The largest absolute Gasteiger partial charge is 0.383 e. The number of aryl methyl sites for hydroxylation is 1. The Bertz CT molecular complexity index is 376. The molecule has 0 unspecified atom stereocenters. The fraction of sp³-hybridized carbons (Fsp3) is 0.812. The lowest BCUT2D eigenvalue weighted by molar-refractivity contribution is 0.199. The van der Waals surface area contributed by atoms with Crippen molar-refractivity contribution < 1.29 is 4.74 Å². The van der Waals surface area contributed by atoms with Crippen LogP contribution in [0, 0.1) is 0 Å². The van der Waals surface area contributed by atoms with Crippen molar-refractivity contribution in [1.29, 1.82) is 0 Å². The molecule has 1 N–H and O–H groups in total. The summed E-state index contributed by atoms with van der Waals surface area (Å²) in [5.74, 6) is 0. The zero-order chi connectivity index (χ0) is 15.5. The van der Waals surface area contributed by atoms with Crippen LogP contribution < -0.4 is 10.2 Å². The summed E-state index contributed by atoms with van der Waals surface area (Å²) in [5, 5.41) is 4.64. The smallest absolute Gasteiger partial charge is 0.185 e. The first kappa shape index (κ1) is 18.4. The zero-order valence-electron chi connectivity index (χ0n) is 14.1. The van der Waals surface area contributed by atoms with E-state index in [0.29, 0.717) is 0 Å². The highest BCUT2D eigenvalue weighted by Crippen LogP contribution is 2.27. The number of hydrogen-bond acceptors (Lipinski definition) is 5. The number of nitrogens with one attached hydrogen (secondary N) is 1. The van der Waals surface area contributed by atoms with Gasteiger partial charge >= 0.3 is 0 Å². The van der Waals surface area contributed by atoms with Crippen LogP contribution in [-0.4, -0.2) is 38.3 Å². The van der Waals surface area contributed by atoms with Crippen molar-refractivity contribution >= 4 is 16.5 Å². The second-order valence-corrected chi connectivity index (χ2v) is 6.34. The van der Waals surface area contributed by atoms with E-state index in [0.717, 1.165) is 45.6 Å². The highest BCUT2D eigenvalue weighted by atomic mass is 32.1. The third kappa shape index (κ3) is 6.32. The second kappa shape index (κ2) is 11.0. The Morgan fingerprint density at radius 3 is 2.43 bits per heavy atom. The quantitative estimate of drug-likeness (QED) is 0.600. The predicted molar refractivity (Wildman–Crippen MR) is 92.5 cm³/mol. The molecule has 0 bridgehead atoms. The van der Waals surface area contributed by atoms with Crippen LogP contribution in [0.4, 0.5) is 5.13 Å². The second-order valence-electron chi connectivity index (χ2n) is 5.27. The molecule has 0 spiro atoms. The summed E-state index contributed by atoms with van der Waals surface area (Å²) in [6.07, 6.45) is 4.56. The fourth-order valence-electron chi connectivity index (χ4n) is 2.29. The van der Waals surface area contributed by atoms with Gasteiger partial charge in [0.25, 0.3) is 0 Å². The molecule has 0 aliphatic heterocycles. The summed E-state index contributed by atoms with van der Waals surface area (Å²) in [6.45, 7) is 11.4. The number of anilines is 1. The Morgan fingerprint density at radius 2 is 1.86 bits per heavy atom. The van der Waals surface area contributed by atoms with Crippen molar-refractivity contribution in [2.45, 2.75) is 53.0 Å². The molecular weight excluding hydrogens is 282 g/mol. The van der Waals surface area contributed by atoms with E-state index in [-0.39, 0.29) is 0 Å². The Balaban J connectivity index is 2.75. The van der Waals surface area contributed by atoms with Gasteiger partial charge in [0.15, 0.2) is 5.13 Å². The monoisotopic (exact) mass is 313 g/mol. The summed E-state index contributed by atoms with van der Waals surface area (Å²) in [6, 6.07) is 0. The van der Waals surface area contributed by atoms with Gasteiger partial charge in [-0.05, 0) is 19.3 Å². The van der Waals surface area contributed by atoms with Crippen LogP contribution in [0.2, 0.25) is 0 Å². The number of hydrogen-bond donors (Lipinski definition) is 1. The minimum Gasteiger partial charge on any atom is -0.383 e. The van der Waals surface area contributed by atoms with Gasteiger partial charge in [-0.25, -0.2) is 4.98 Å². The molecular formula is C16H31N3OS. The van der Waals surface area contributed by atoms with Gasteiger partial charge in [-0.15, -0.1) is 11.3 Å². The normalized spacial score (nSPS) is 11.0. The average molecular weight is 314 g/mol. The molecule has 1 heterocycles. The van der Waals surface area contributed by atoms with Gasteiger partial charge in [-0.2, -0.15) is 0 Å². The highest BCUT2D eigenvalue weighted by molar-refractivity contribution is 7.15. The summed E-state index contributed by atoms with van der Waals surface area (Å²) in [7, 11) is 1.74. The molecule has 1 aromatic heterocycles. The molecule has 5 heteroatoms. The van der Waals surface area contributed by atoms with Gasteiger partial charge in [0.2, 0.25) is 0 Å². The van der Waals surface area contributed by atoms with Gasteiger partial charge in [0.05, 0.1) is 12.3 Å². The van der Waals surface area contributed by atoms with Gasteiger partial charge in [-0.1, -0.05) is 27.2 Å². The van der Waals surface area contributed by atoms with E-state index in [4.69, 9.17) is 9.72 Å². The summed E-state index contributed by atoms with van der Waals surface area (Å²) >= 11 is 1.86. The van der Waals surface area contributed by atoms with Gasteiger partial charge in [0, 0.05) is 38.2 Å². The Hall–Kier alpha value is -0.650. The molecule has 4 nitrogen and oxygen atoms in total. The summed E-state index contributed by atoms with van der Waals surface area (Å²) < 4.78 is 5.08. The van der Waals surface area contributed by atoms with E-state index >= 15 is 0 Å². The van der Waals surface area contributed by atoms with Crippen molar-refractivity contribution in [1.82, 2.24) is 10.3 Å². The van der Waals surface area contributed by atoms with E-state index in [1.165, 1.54) is 28.5 Å². The number of aromatic nitrogens is 1. The SMILES string of the molecule is CCCc1nc(N(CCC)CCC)sc1CNCCOC. The minimum atomic E-state index is 0.757. The van der Waals surface area contributed by atoms with E-state index in [1.807, 2.05) is 11.3 Å². The molecule has 0 saturated heterocycles. The highest BCUT2D eigenvalue weighted by Gasteiger charge is 2.14. The zero-order valence-corrected chi connectivity index (χ0v) is 14.9. The van der Waals surface area contributed by atoms with Crippen LogP contribution >= 0.6 is 11.3 Å². The van der Waals surface area contributed by atoms with E-state index < -0.39 is 0 Å². The third-order valence-corrected chi connectivity index (χ3v) is 4.44. The fourth-order valence-corrected chi connectivity index (χ4v) is 3.42. The van der Waals surface area contributed by atoms with E-state index in [9.17, 15) is 0 Å². The molecule has 1 aromatic rings. The lowest BCUT2D eigenvalue weighted by atomic mass is 10.2. The summed E-state index contributed by atoms with van der Waals surface area (Å²) in [5.41, 5.74) is 1.28. The number of rotatable bonds is 12. The number of thiazole rings is 1. The van der Waals surface area contributed by atoms with Gasteiger partial charge < -0.3 is 15.0 Å². The first-order valence-electron chi connectivity index (χ1n) is 8.19. The molecule has 21 heavy (non-hydrogen) atoms. The van der Waals surface area contributed by atoms with Crippen LogP contribution in [0.25, 0.3) is 0 Å². The maximum atomic E-state index is 5.08. The number of nitrogens with zero attached hydrogens (tertiary/aromatic N) is 2. The first-order valence-corrected chi connectivity index (χ1v) is 9.01. The standard InChI is InChI=1S/C16H31N3OS/c1-5-8-14-15(13-17-9-12-20-4)21-16(18-14)19(10-6-2)11-7-3/h17H,5-13H2,1-4H3. The van der Waals surface area contributed by atoms with Crippen LogP contribution in [0.5, 0.6) is 0 Å². The third-order valence-electron chi connectivity index (χ3n) is 3.28. The topological polar surface area (TPSA) is 37.4 Å². The lowest BCUT2D eigenvalue weighted by Crippen LogP contribution is -2.24. The molecule has 0 radical (unpaired) electrons. The van der Waals surface area contributed by atoms with Crippen LogP contribution in [0.15, 0.2) is 0 Å². The van der Waals surface area contributed by atoms with Crippen LogP contribution in [0.3, 0.4) is 0 Å². The number of ether oxygens (including phenoxy) is 1. The van der Waals surface area contributed by atoms with Gasteiger partial charge in [-0.3, -0.25) is 0 Å². The van der Waals surface area contributed by atoms with Crippen molar-refractivity contribution in [3.63, 3.8) is 0 Å². The molecule has 122 valence electrons. The Morgan fingerprint density at radius 1 is 1.14 bits per heavy atom. The Kier molecular flexibility index (Phi) is 9.63. The van der Waals surface area contributed by atoms with E-state index in [2.05, 4.69) is 31.0 Å².